The molecule has 9 nitrogen and oxygen atoms in total. The molecule has 4 heterocycles. The second-order valence-electron chi connectivity index (χ2n) is 9.38. The minimum atomic E-state index is -1.02. The normalized spacial score (nSPS) is 16.5. The molecule has 2 aromatic carbocycles. The first-order valence-electron chi connectivity index (χ1n) is 13.0. The number of benzene rings is 2. The number of ether oxygens (including phenoxy) is 1. The van der Waals surface area contributed by atoms with E-state index in [-0.39, 0.29) is 22.3 Å². The molecular weight excluding hydrogens is 577 g/mol. The van der Waals surface area contributed by atoms with Gasteiger partial charge in [-0.3, -0.25) is 18.9 Å². The van der Waals surface area contributed by atoms with E-state index in [2.05, 4.69) is 15.2 Å². The molecule has 1 aliphatic rings. The minimum absolute atomic E-state index is 0.0989. The summed E-state index contributed by atoms with van der Waals surface area (Å²) in [6, 6.07) is 17.9. The van der Waals surface area contributed by atoms with Gasteiger partial charge in [-0.25, -0.2) is 9.37 Å². The highest BCUT2D eigenvalue weighted by Gasteiger charge is 2.49. The van der Waals surface area contributed by atoms with E-state index in [1.54, 1.807) is 72.1 Å². The highest BCUT2D eigenvalue weighted by molar-refractivity contribution is 8.00. The molecule has 1 aliphatic heterocycles. The van der Waals surface area contributed by atoms with E-state index in [1.807, 2.05) is 13.0 Å². The maximum Gasteiger partial charge on any atom is 0.301 e. The van der Waals surface area contributed by atoms with Crippen LogP contribution in [0.3, 0.4) is 0 Å². The van der Waals surface area contributed by atoms with Gasteiger partial charge in [-0.1, -0.05) is 59.5 Å². The van der Waals surface area contributed by atoms with Crippen LogP contribution in [0, 0.1) is 12.7 Å². The molecule has 0 bridgehead atoms. The molecule has 1 saturated heterocycles. The van der Waals surface area contributed by atoms with Gasteiger partial charge in [0.15, 0.2) is 10.1 Å². The predicted molar refractivity (Wildman–Crippen MR) is 158 cm³/mol. The van der Waals surface area contributed by atoms with Crippen LogP contribution in [0.4, 0.5) is 9.52 Å². The van der Waals surface area contributed by atoms with Crippen molar-refractivity contribution in [3.05, 3.63) is 107 Å². The van der Waals surface area contributed by atoms with Crippen molar-refractivity contribution < 1.29 is 23.8 Å². The lowest BCUT2D eigenvalue weighted by atomic mass is 9.96. The quantitative estimate of drug-likeness (QED) is 0.0764. The number of aliphatic hydroxyl groups excluding tert-OH is 1. The molecule has 12 heteroatoms. The number of aromatic nitrogens is 4. The average molecular weight is 602 g/mol. The summed E-state index contributed by atoms with van der Waals surface area (Å²) < 4.78 is 22.0. The fraction of sp³-hybridized carbons (Fsp3) is 0.167. The summed E-state index contributed by atoms with van der Waals surface area (Å²) in [4.78, 5) is 33.0. The van der Waals surface area contributed by atoms with Crippen LogP contribution in [0.2, 0.25) is 0 Å². The Balaban J connectivity index is 1.45. The number of amides is 1. The number of halogens is 1. The number of hydrogen-bond acceptors (Lipinski definition) is 9. The minimum Gasteiger partial charge on any atom is -0.505 e. The summed E-state index contributed by atoms with van der Waals surface area (Å²) in [5.74, 6) is -1.52. The highest BCUT2D eigenvalue weighted by Crippen LogP contribution is 2.45. The second kappa shape index (κ2) is 11.4. The summed E-state index contributed by atoms with van der Waals surface area (Å²) >= 11 is 2.38. The zero-order chi connectivity index (χ0) is 29.4. The topological polar surface area (TPSA) is 110 Å². The van der Waals surface area contributed by atoms with E-state index in [9.17, 15) is 19.1 Å². The molecule has 42 heavy (non-hydrogen) atoms. The monoisotopic (exact) mass is 601 g/mol. The number of ketones is 1. The smallest absolute Gasteiger partial charge is 0.301 e. The maximum absolute atomic E-state index is 14.1. The van der Waals surface area contributed by atoms with E-state index < -0.39 is 17.7 Å². The number of thioether (sulfide) groups is 1. The molecule has 1 amide bonds. The van der Waals surface area contributed by atoms with Crippen molar-refractivity contribution >= 4 is 51.3 Å². The van der Waals surface area contributed by atoms with E-state index in [0.29, 0.717) is 50.6 Å². The SMILES string of the molecule is CCOc1cccc(C2/C(=C(\O)c3c(C)nc4ccccn34)C(=O)C(=O)N2c2nnc(SCc3ccccc3F)s2)c1. The average Bonchev–Trinajstić information content (AvgIpc) is 3.66. The van der Waals surface area contributed by atoms with Crippen LogP contribution in [0.15, 0.2) is 82.8 Å². The third kappa shape index (κ3) is 4.92. The Kier molecular flexibility index (Phi) is 7.48. The van der Waals surface area contributed by atoms with Crippen molar-refractivity contribution in [3.8, 4) is 5.75 Å². The zero-order valence-corrected chi connectivity index (χ0v) is 24.2. The van der Waals surface area contributed by atoms with E-state index in [4.69, 9.17) is 4.74 Å². The number of carbonyl (C=O) groups excluding carboxylic acids is 2. The number of hydrogen-bond donors (Lipinski definition) is 1. The second-order valence-corrected chi connectivity index (χ2v) is 11.6. The lowest BCUT2D eigenvalue weighted by molar-refractivity contribution is -0.132. The highest BCUT2D eigenvalue weighted by atomic mass is 32.2. The Morgan fingerprint density at radius 3 is 2.71 bits per heavy atom. The Morgan fingerprint density at radius 1 is 1.10 bits per heavy atom. The maximum atomic E-state index is 14.1. The standard InChI is InChI=1S/C30H24FN5O4S2/c1-3-40-20-11-8-10-18(15-20)25-23(26(37)24-17(2)32-22-13-6-7-14-35(22)24)27(38)28(39)36(25)29-33-34-30(42-29)41-16-19-9-4-5-12-21(19)31/h4-15,25,37H,3,16H2,1-2H3/b26-23+. The molecule has 1 unspecified atom stereocenters. The van der Waals surface area contributed by atoms with Crippen LogP contribution in [0.1, 0.15) is 35.5 Å². The zero-order valence-electron chi connectivity index (χ0n) is 22.5. The molecule has 0 spiro atoms. The first kappa shape index (κ1) is 27.6. The Morgan fingerprint density at radius 2 is 1.90 bits per heavy atom. The summed E-state index contributed by atoms with van der Waals surface area (Å²) in [5, 5.41) is 20.3. The van der Waals surface area contributed by atoms with E-state index in [1.165, 1.54) is 22.7 Å². The van der Waals surface area contributed by atoms with Crippen molar-refractivity contribution in [1.82, 2.24) is 19.6 Å². The molecule has 0 aliphatic carbocycles. The summed E-state index contributed by atoms with van der Waals surface area (Å²) in [6.45, 7) is 4.00. The molecule has 6 rings (SSSR count). The summed E-state index contributed by atoms with van der Waals surface area (Å²) in [7, 11) is 0. The summed E-state index contributed by atoms with van der Waals surface area (Å²) in [5.41, 5.74) is 2.35. The molecule has 1 N–H and O–H groups in total. The van der Waals surface area contributed by atoms with E-state index in [0.717, 1.165) is 11.3 Å². The molecule has 1 fully saturated rings. The van der Waals surface area contributed by atoms with Gasteiger partial charge in [-0.2, -0.15) is 0 Å². The molecular formula is C30H24FN5O4S2. The van der Waals surface area contributed by atoms with Crippen molar-refractivity contribution in [2.24, 2.45) is 0 Å². The van der Waals surface area contributed by atoms with Gasteiger partial charge in [0.2, 0.25) is 5.13 Å². The van der Waals surface area contributed by atoms with Gasteiger partial charge < -0.3 is 9.84 Å². The van der Waals surface area contributed by atoms with Gasteiger partial charge >= 0.3 is 5.91 Å². The number of aryl methyl sites for hydroxylation is 1. The first-order chi connectivity index (χ1) is 20.4. The number of anilines is 1. The fourth-order valence-corrected chi connectivity index (χ4v) is 6.78. The third-order valence-corrected chi connectivity index (χ3v) is 8.87. The number of imidazole rings is 1. The van der Waals surface area contributed by atoms with Gasteiger partial charge in [0.05, 0.1) is 23.9 Å². The van der Waals surface area contributed by atoms with Crippen LogP contribution in [0.25, 0.3) is 11.4 Å². The number of carbonyl (C=O) groups is 2. The van der Waals surface area contributed by atoms with Crippen molar-refractivity contribution in [2.75, 3.05) is 11.5 Å². The van der Waals surface area contributed by atoms with Crippen molar-refractivity contribution in [1.29, 1.82) is 0 Å². The number of pyridine rings is 1. The van der Waals surface area contributed by atoms with E-state index >= 15 is 0 Å². The molecule has 0 saturated carbocycles. The van der Waals surface area contributed by atoms with Crippen molar-refractivity contribution in [2.45, 2.75) is 30.0 Å². The number of fused-ring (bicyclic) bond motifs is 1. The molecule has 0 radical (unpaired) electrons. The van der Waals surface area contributed by atoms with Crippen LogP contribution < -0.4 is 9.64 Å². The molecule has 3 aromatic heterocycles. The van der Waals surface area contributed by atoms with Gasteiger partial charge in [-0.05, 0) is 55.3 Å². The lowest BCUT2D eigenvalue weighted by Crippen LogP contribution is -2.29. The summed E-state index contributed by atoms with van der Waals surface area (Å²) in [6.07, 6.45) is 1.73. The predicted octanol–water partition coefficient (Wildman–Crippen LogP) is 5.95. The van der Waals surface area contributed by atoms with Crippen LogP contribution in [0.5, 0.6) is 5.75 Å². The van der Waals surface area contributed by atoms with Crippen molar-refractivity contribution in [3.63, 3.8) is 0 Å². The third-order valence-electron chi connectivity index (χ3n) is 6.77. The fourth-order valence-electron chi connectivity index (χ4n) is 4.93. The number of nitrogens with zero attached hydrogens (tertiary/aromatic N) is 5. The Hall–Kier alpha value is -4.55. The van der Waals surface area contributed by atoms with Crippen LogP contribution in [-0.2, 0) is 15.3 Å². The molecule has 212 valence electrons. The van der Waals surface area contributed by atoms with Gasteiger partial charge in [0.25, 0.3) is 5.78 Å². The molecule has 5 aromatic rings. The van der Waals surface area contributed by atoms with Crippen LogP contribution in [-0.4, -0.2) is 43.0 Å². The first-order valence-corrected chi connectivity index (χ1v) is 14.8. The van der Waals surface area contributed by atoms with Gasteiger partial charge in [0.1, 0.15) is 22.9 Å². The Bertz CT molecular complexity index is 1870. The number of Topliss-reactive ketones (excluding diaryl/α,β-unsaturated/α-hetero) is 1. The van der Waals surface area contributed by atoms with Gasteiger partial charge in [0, 0.05) is 11.9 Å². The largest absolute Gasteiger partial charge is 0.505 e. The van der Waals surface area contributed by atoms with Crippen LogP contribution >= 0.6 is 23.1 Å². The molecule has 1 atom stereocenters. The Labute approximate surface area is 248 Å². The lowest BCUT2D eigenvalue weighted by Gasteiger charge is -2.23. The number of aliphatic hydroxyl groups is 1. The number of rotatable bonds is 8. The van der Waals surface area contributed by atoms with Gasteiger partial charge in [-0.15, -0.1) is 10.2 Å².